The normalized spacial score (nSPS) is 13.9. The number of carbonyl (C=O) groups is 1. The van der Waals surface area contributed by atoms with Gasteiger partial charge in [0.15, 0.2) is 11.5 Å². The summed E-state index contributed by atoms with van der Waals surface area (Å²) in [6.45, 7) is 3.58. The highest BCUT2D eigenvalue weighted by Gasteiger charge is 2.30. The Morgan fingerprint density at radius 1 is 1.19 bits per heavy atom. The molecule has 2 aromatic rings. The van der Waals surface area contributed by atoms with E-state index in [0.717, 1.165) is 19.5 Å². The van der Waals surface area contributed by atoms with Gasteiger partial charge in [0.1, 0.15) is 0 Å². The van der Waals surface area contributed by atoms with Crippen LogP contribution in [0.15, 0.2) is 36.4 Å². The zero-order valence-electron chi connectivity index (χ0n) is 15.2. The van der Waals surface area contributed by atoms with Crippen LogP contribution in [0, 0.1) is 12.8 Å². The van der Waals surface area contributed by atoms with E-state index < -0.39 is 0 Å². The molecule has 3 rings (SSSR count). The minimum Gasteiger partial charge on any atom is -0.493 e. The van der Waals surface area contributed by atoms with Crippen molar-refractivity contribution in [2.45, 2.75) is 13.3 Å². The molecule has 2 aromatic carbocycles. The Bertz CT molecular complexity index is 786. The Morgan fingerprint density at radius 2 is 1.88 bits per heavy atom. The molecule has 1 aliphatic rings. The first-order valence-electron chi connectivity index (χ1n) is 8.53. The van der Waals surface area contributed by atoms with Crippen LogP contribution in [0.25, 0.3) is 0 Å². The van der Waals surface area contributed by atoms with Crippen LogP contribution in [0.2, 0.25) is 5.02 Å². The van der Waals surface area contributed by atoms with Gasteiger partial charge in [0.2, 0.25) is 0 Å². The van der Waals surface area contributed by atoms with Gasteiger partial charge < -0.3 is 19.7 Å². The Labute approximate surface area is 158 Å². The Morgan fingerprint density at radius 3 is 2.50 bits per heavy atom. The number of hydrogen-bond acceptors (Lipinski definition) is 3. The number of ether oxygens (including phenoxy) is 2. The number of carbonyl (C=O) groups excluding carboxylic acids is 1. The fraction of sp³-hybridized carbons (Fsp3) is 0.350. The molecule has 26 heavy (non-hydrogen) atoms. The van der Waals surface area contributed by atoms with Crippen molar-refractivity contribution in [1.82, 2.24) is 4.90 Å². The number of rotatable bonds is 5. The standard InChI is InChI=1S/C20H23ClN2O3/c1-13-4-6-14(7-5-13)8-15-11-23(12-15)20(24)22-16-9-17(21)19(26-3)18(10-16)25-2/h4-7,9-10,15H,8,11-12H2,1-3H3,(H,22,24). The van der Waals surface area contributed by atoms with E-state index in [9.17, 15) is 4.79 Å². The van der Waals surface area contributed by atoms with Crippen LogP contribution in [0.4, 0.5) is 10.5 Å². The van der Waals surface area contributed by atoms with Gasteiger partial charge >= 0.3 is 6.03 Å². The highest BCUT2D eigenvalue weighted by atomic mass is 35.5. The van der Waals surface area contributed by atoms with E-state index >= 15 is 0 Å². The first-order chi connectivity index (χ1) is 12.5. The smallest absolute Gasteiger partial charge is 0.321 e. The maximum atomic E-state index is 12.4. The summed E-state index contributed by atoms with van der Waals surface area (Å²) in [5.41, 5.74) is 3.16. The van der Waals surface area contributed by atoms with E-state index in [2.05, 4.69) is 36.5 Å². The van der Waals surface area contributed by atoms with Crippen molar-refractivity contribution in [3.63, 3.8) is 0 Å². The highest BCUT2D eigenvalue weighted by molar-refractivity contribution is 6.32. The van der Waals surface area contributed by atoms with Crippen LogP contribution in [0.5, 0.6) is 11.5 Å². The van der Waals surface area contributed by atoms with Crippen molar-refractivity contribution in [2.24, 2.45) is 5.92 Å². The molecule has 1 aliphatic heterocycles. The average Bonchev–Trinajstić information content (AvgIpc) is 2.58. The quantitative estimate of drug-likeness (QED) is 0.845. The zero-order chi connectivity index (χ0) is 18.7. The number of likely N-dealkylation sites (tertiary alicyclic amines) is 1. The van der Waals surface area contributed by atoms with Crippen molar-refractivity contribution in [3.05, 3.63) is 52.5 Å². The van der Waals surface area contributed by atoms with E-state index in [1.165, 1.54) is 25.3 Å². The number of hydrogen-bond donors (Lipinski definition) is 1. The molecular weight excluding hydrogens is 352 g/mol. The van der Waals surface area contributed by atoms with Crippen LogP contribution >= 0.6 is 11.6 Å². The third-order valence-electron chi connectivity index (χ3n) is 4.57. The second-order valence-electron chi connectivity index (χ2n) is 6.58. The summed E-state index contributed by atoms with van der Waals surface area (Å²) in [7, 11) is 3.06. The van der Waals surface area contributed by atoms with Crippen LogP contribution < -0.4 is 14.8 Å². The van der Waals surface area contributed by atoms with Crippen LogP contribution in [0.1, 0.15) is 11.1 Å². The summed E-state index contributed by atoms with van der Waals surface area (Å²) in [6, 6.07) is 11.8. The van der Waals surface area contributed by atoms with Crippen LogP contribution in [-0.2, 0) is 6.42 Å². The highest BCUT2D eigenvalue weighted by Crippen LogP contribution is 2.38. The fourth-order valence-electron chi connectivity index (χ4n) is 3.11. The number of benzene rings is 2. The van der Waals surface area contributed by atoms with Gasteiger partial charge in [-0.15, -0.1) is 0 Å². The van der Waals surface area contributed by atoms with Gasteiger partial charge in [-0.3, -0.25) is 0 Å². The topological polar surface area (TPSA) is 50.8 Å². The van der Waals surface area contributed by atoms with Crippen molar-refractivity contribution in [2.75, 3.05) is 32.6 Å². The van der Waals surface area contributed by atoms with E-state index in [4.69, 9.17) is 21.1 Å². The average molecular weight is 375 g/mol. The third kappa shape index (κ3) is 4.05. The Balaban J connectivity index is 1.55. The molecule has 5 nitrogen and oxygen atoms in total. The number of methoxy groups -OCH3 is 2. The van der Waals surface area contributed by atoms with E-state index in [-0.39, 0.29) is 6.03 Å². The second kappa shape index (κ2) is 7.87. The molecule has 2 amide bonds. The minimum absolute atomic E-state index is 0.131. The van der Waals surface area contributed by atoms with Gasteiger partial charge in [-0.1, -0.05) is 41.4 Å². The van der Waals surface area contributed by atoms with Crippen LogP contribution in [-0.4, -0.2) is 38.2 Å². The summed E-state index contributed by atoms with van der Waals surface area (Å²) in [4.78, 5) is 14.2. The largest absolute Gasteiger partial charge is 0.493 e. The molecule has 1 fully saturated rings. The molecule has 0 saturated carbocycles. The number of aryl methyl sites for hydroxylation is 1. The Hall–Kier alpha value is -2.40. The lowest BCUT2D eigenvalue weighted by Crippen LogP contribution is -2.52. The lowest BCUT2D eigenvalue weighted by molar-refractivity contribution is 0.131. The van der Waals surface area contributed by atoms with E-state index in [0.29, 0.717) is 28.1 Å². The molecular formula is C20H23ClN2O3. The SMILES string of the molecule is COc1cc(NC(=O)N2CC(Cc3ccc(C)cc3)C2)cc(Cl)c1OC. The number of nitrogens with one attached hydrogen (secondary N) is 1. The number of anilines is 1. The lowest BCUT2D eigenvalue weighted by atomic mass is 9.92. The lowest BCUT2D eigenvalue weighted by Gasteiger charge is -2.39. The number of halogens is 1. The number of nitrogens with zero attached hydrogens (tertiary/aromatic N) is 1. The third-order valence-corrected chi connectivity index (χ3v) is 4.85. The van der Waals surface area contributed by atoms with Crippen molar-refractivity contribution < 1.29 is 14.3 Å². The molecule has 1 heterocycles. The van der Waals surface area contributed by atoms with E-state index in [1.807, 2.05) is 0 Å². The fourth-order valence-corrected chi connectivity index (χ4v) is 3.40. The van der Waals surface area contributed by atoms with Gasteiger partial charge in [0, 0.05) is 24.8 Å². The predicted molar refractivity (Wildman–Crippen MR) is 104 cm³/mol. The Kier molecular flexibility index (Phi) is 5.57. The summed E-state index contributed by atoms with van der Waals surface area (Å²) < 4.78 is 10.5. The van der Waals surface area contributed by atoms with Crippen molar-refractivity contribution >= 4 is 23.3 Å². The first kappa shape index (κ1) is 18.4. The monoisotopic (exact) mass is 374 g/mol. The van der Waals surface area contributed by atoms with Gasteiger partial charge in [-0.25, -0.2) is 4.79 Å². The molecule has 0 unspecified atom stereocenters. The molecule has 6 heteroatoms. The summed E-state index contributed by atoms with van der Waals surface area (Å²) >= 11 is 6.18. The number of urea groups is 1. The van der Waals surface area contributed by atoms with E-state index in [1.54, 1.807) is 17.0 Å². The molecule has 138 valence electrons. The molecule has 0 bridgehead atoms. The predicted octanol–water partition coefficient (Wildman–Crippen LogP) is 4.37. The molecule has 1 saturated heterocycles. The van der Waals surface area contributed by atoms with Gasteiger partial charge in [-0.05, 0) is 30.9 Å². The molecule has 1 N–H and O–H groups in total. The maximum absolute atomic E-state index is 12.4. The molecule has 0 radical (unpaired) electrons. The van der Waals surface area contributed by atoms with Crippen LogP contribution in [0.3, 0.4) is 0 Å². The first-order valence-corrected chi connectivity index (χ1v) is 8.91. The molecule has 0 aliphatic carbocycles. The number of amides is 2. The maximum Gasteiger partial charge on any atom is 0.321 e. The second-order valence-corrected chi connectivity index (χ2v) is 6.99. The van der Waals surface area contributed by atoms with Gasteiger partial charge in [-0.2, -0.15) is 0 Å². The molecule has 0 aromatic heterocycles. The zero-order valence-corrected chi connectivity index (χ0v) is 16.0. The van der Waals surface area contributed by atoms with Gasteiger partial charge in [0.05, 0.1) is 19.2 Å². The molecule has 0 spiro atoms. The summed E-state index contributed by atoms with van der Waals surface area (Å²) in [6.07, 6.45) is 0.992. The summed E-state index contributed by atoms with van der Waals surface area (Å²) in [5, 5.41) is 3.26. The van der Waals surface area contributed by atoms with Crippen molar-refractivity contribution in [1.29, 1.82) is 0 Å². The minimum atomic E-state index is -0.131. The summed E-state index contributed by atoms with van der Waals surface area (Å²) in [5.74, 6) is 1.43. The van der Waals surface area contributed by atoms with Crippen molar-refractivity contribution in [3.8, 4) is 11.5 Å². The molecule has 0 atom stereocenters. The van der Waals surface area contributed by atoms with Gasteiger partial charge in [0.25, 0.3) is 0 Å².